The van der Waals surface area contributed by atoms with Crippen molar-refractivity contribution in [2.75, 3.05) is 25.1 Å². The Bertz CT molecular complexity index is 954. The number of rotatable bonds is 18. The second kappa shape index (κ2) is 19.4. The molecular weight excluding hydrogens is 522 g/mol. The molecule has 0 spiro atoms. The van der Waals surface area contributed by atoms with Crippen LogP contribution in [0.4, 0.5) is 4.79 Å². The number of nitrogens with zero attached hydrogens (tertiary/aromatic N) is 1. The number of alkyl carbamates (subject to hydrolysis) is 1. The predicted molar refractivity (Wildman–Crippen MR) is 166 cm³/mol. The van der Waals surface area contributed by atoms with Crippen molar-refractivity contribution >= 4 is 29.7 Å². The molecule has 1 aromatic rings. The lowest BCUT2D eigenvalue weighted by molar-refractivity contribution is -0.142. The Morgan fingerprint density at radius 2 is 1.68 bits per heavy atom. The van der Waals surface area contributed by atoms with Crippen LogP contribution in [0.15, 0.2) is 24.3 Å². The molecule has 8 heteroatoms. The van der Waals surface area contributed by atoms with Crippen molar-refractivity contribution in [3.05, 3.63) is 35.4 Å². The van der Waals surface area contributed by atoms with E-state index in [9.17, 15) is 14.4 Å². The van der Waals surface area contributed by atoms with Crippen molar-refractivity contribution in [3.8, 4) is 12.3 Å². The first-order valence-electron chi connectivity index (χ1n) is 14.7. The van der Waals surface area contributed by atoms with E-state index in [-0.39, 0.29) is 11.8 Å². The number of amides is 3. The molecular formula is C32H51N3O4S. The standard InChI is InChI=1S/C32H51N3O4S/c1-8-11-13-14-15-18-23-35(30(37)27(21-24-40-7)34-31(38)39-32(4,5)6)28(29(36)33-22-12-9-2)26-20-17-16-19-25(26)10-3/h3,16-17,19-20,27-28H,8-9,11-15,18,21-24H2,1-2,4-7H3,(H,33,36)(H,34,38). The van der Waals surface area contributed by atoms with Crippen LogP contribution in [0.5, 0.6) is 0 Å². The molecule has 0 heterocycles. The van der Waals surface area contributed by atoms with E-state index in [0.717, 1.165) is 44.9 Å². The minimum absolute atomic E-state index is 0.267. The first-order valence-corrected chi connectivity index (χ1v) is 16.1. The Morgan fingerprint density at radius 3 is 2.30 bits per heavy atom. The molecule has 0 aliphatic rings. The van der Waals surface area contributed by atoms with Crippen molar-refractivity contribution in [2.24, 2.45) is 0 Å². The van der Waals surface area contributed by atoms with E-state index >= 15 is 0 Å². The van der Waals surface area contributed by atoms with E-state index in [4.69, 9.17) is 11.2 Å². The van der Waals surface area contributed by atoms with E-state index in [1.54, 1.807) is 43.5 Å². The number of unbranched alkanes of at least 4 members (excludes halogenated alkanes) is 6. The van der Waals surface area contributed by atoms with Gasteiger partial charge in [0.2, 0.25) is 11.8 Å². The average Bonchev–Trinajstić information content (AvgIpc) is 2.91. The van der Waals surface area contributed by atoms with Crippen LogP contribution in [0, 0.1) is 12.3 Å². The number of carbonyl (C=O) groups is 3. The third-order valence-corrected chi connectivity index (χ3v) is 7.08. The van der Waals surface area contributed by atoms with Crippen molar-refractivity contribution in [2.45, 2.75) is 110 Å². The topological polar surface area (TPSA) is 87.7 Å². The van der Waals surface area contributed by atoms with Crippen LogP contribution < -0.4 is 10.6 Å². The van der Waals surface area contributed by atoms with Crippen LogP contribution in [-0.4, -0.2) is 59.5 Å². The van der Waals surface area contributed by atoms with E-state index in [1.165, 1.54) is 6.42 Å². The molecule has 0 aliphatic carbocycles. The predicted octanol–water partition coefficient (Wildman–Crippen LogP) is 6.46. The molecule has 0 bridgehead atoms. The molecule has 0 saturated carbocycles. The number of benzene rings is 1. The number of terminal acetylenes is 1. The van der Waals surface area contributed by atoms with E-state index < -0.39 is 23.8 Å². The van der Waals surface area contributed by atoms with Gasteiger partial charge in [-0.15, -0.1) is 6.42 Å². The fraction of sp³-hybridized carbons (Fsp3) is 0.656. The van der Waals surface area contributed by atoms with Gasteiger partial charge in [-0.25, -0.2) is 4.79 Å². The summed E-state index contributed by atoms with van der Waals surface area (Å²) in [7, 11) is 0. The summed E-state index contributed by atoms with van der Waals surface area (Å²) in [5.74, 6) is 2.77. The Balaban J connectivity index is 3.47. The number of hydrogen-bond donors (Lipinski definition) is 2. The van der Waals surface area contributed by atoms with Crippen LogP contribution >= 0.6 is 11.8 Å². The molecule has 2 atom stereocenters. The Labute approximate surface area is 246 Å². The number of carbonyl (C=O) groups excluding carboxylic acids is 3. The van der Waals surface area contributed by atoms with Gasteiger partial charge in [0.1, 0.15) is 17.7 Å². The maximum atomic E-state index is 14.3. The molecule has 3 amide bonds. The third-order valence-electron chi connectivity index (χ3n) is 6.44. The number of nitrogens with one attached hydrogen (secondary N) is 2. The molecule has 2 N–H and O–H groups in total. The van der Waals surface area contributed by atoms with Gasteiger partial charge >= 0.3 is 6.09 Å². The highest BCUT2D eigenvalue weighted by atomic mass is 32.2. The molecule has 0 saturated heterocycles. The fourth-order valence-electron chi connectivity index (χ4n) is 4.37. The van der Waals surface area contributed by atoms with Gasteiger partial charge in [0.25, 0.3) is 0 Å². The van der Waals surface area contributed by atoms with Gasteiger partial charge in [-0.05, 0) is 63.7 Å². The SMILES string of the molecule is C#Cc1ccccc1C(C(=O)NCCCC)N(CCCCCCCC)C(=O)C(CCSC)NC(=O)OC(C)(C)C. The van der Waals surface area contributed by atoms with E-state index in [2.05, 4.69) is 30.4 Å². The summed E-state index contributed by atoms with van der Waals surface area (Å²) >= 11 is 1.59. The zero-order valence-electron chi connectivity index (χ0n) is 25.5. The number of ether oxygens (including phenoxy) is 1. The largest absolute Gasteiger partial charge is 0.444 e. The molecule has 0 fully saturated rings. The molecule has 0 aliphatic heterocycles. The zero-order chi connectivity index (χ0) is 30.0. The summed E-state index contributed by atoms with van der Waals surface area (Å²) in [5.41, 5.74) is 0.474. The molecule has 0 aromatic heterocycles. The minimum Gasteiger partial charge on any atom is -0.444 e. The first kappa shape index (κ1) is 35.4. The quantitative estimate of drug-likeness (QED) is 0.155. The monoisotopic (exact) mass is 573 g/mol. The molecule has 7 nitrogen and oxygen atoms in total. The van der Waals surface area contributed by atoms with Crippen LogP contribution in [0.2, 0.25) is 0 Å². The molecule has 0 radical (unpaired) electrons. The maximum Gasteiger partial charge on any atom is 0.408 e. The average molecular weight is 574 g/mol. The van der Waals surface area contributed by atoms with Crippen LogP contribution in [0.3, 0.4) is 0 Å². The van der Waals surface area contributed by atoms with Gasteiger partial charge in [-0.1, -0.05) is 76.5 Å². The second-order valence-electron chi connectivity index (χ2n) is 11.1. The summed E-state index contributed by atoms with van der Waals surface area (Å²) < 4.78 is 5.48. The molecule has 1 rings (SSSR count). The number of hydrogen-bond acceptors (Lipinski definition) is 5. The van der Waals surface area contributed by atoms with E-state index in [0.29, 0.717) is 36.4 Å². The summed E-state index contributed by atoms with van der Waals surface area (Å²) in [6.07, 6.45) is 15.5. The summed E-state index contributed by atoms with van der Waals surface area (Å²) in [6, 6.07) is 5.52. The summed E-state index contributed by atoms with van der Waals surface area (Å²) in [6.45, 7) is 10.5. The van der Waals surface area contributed by atoms with Gasteiger partial charge < -0.3 is 20.3 Å². The zero-order valence-corrected chi connectivity index (χ0v) is 26.3. The van der Waals surface area contributed by atoms with Gasteiger partial charge in [-0.2, -0.15) is 11.8 Å². The van der Waals surface area contributed by atoms with E-state index in [1.807, 2.05) is 24.5 Å². The molecule has 40 heavy (non-hydrogen) atoms. The normalized spacial score (nSPS) is 12.6. The number of thioether (sulfide) groups is 1. The minimum atomic E-state index is -0.913. The second-order valence-corrected chi connectivity index (χ2v) is 12.0. The van der Waals surface area contributed by atoms with Gasteiger partial charge in [-0.3, -0.25) is 9.59 Å². The van der Waals surface area contributed by atoms with Crippen LogP contribution in [0.1, 0.15) is 110 Å². The Kier molecular flexibility index (Phi) is 17.2. The fourth-order valence-corrected chi connectivity index (χ4v) is 4.85. The lowest BCUT2D eigenvalue weighted by Crippen LogP contribution is -2.53. The summed E-state index contributed by atoms with van der Waals surface area (Å²) in [5, 5.41) is 5.82. The summed E-state index contributed by atoms with van der Waals surface area (Å²) in [4.78, 5) is 42.4. The highest BCUT2D eigenvalue weighted by molar-refractivity contribution is 7.98. The third kappa shape index (κ3) is 13.1. The first-order chi connectivity index (χ1) is 19.1. The van der Waals surface area contributed by atoms with Crippen LogP contribution in [0.25, 0.3) is 0 Å². The van der Waals surface area contributed by atoms with Gasteiger partial charge in [0.05, 0.1) is 0 Å². The molecule has 1 aromatic carbocycles. The molecule has 2 unspecified atom stereocenters. The smallest absolute Gasteiger partial charge is 0.408 e. The lowest BCUT2D eigenvalue weighted by atomic mass is 9.96. The highest BCUT2D eigenvalue weighted by Crippen LogP contribution is 2.27. The Hall–Kier alpha value is -2.66. The van der Waals surface area contributed by atoms with Gasteiger partial charge in [0.15, 0.2) is 0 Å². The van der Waals surface area contributed by atoms with Crippen LogP contribution in [-0.2, 0) is 14.3 Å². The maximum absolute atomic E-state index is 14.3. The van der Waals surface area contributed by atoms with Gasteiger partial charge in [0, 0.05) is 18.7 Å². The van der Waals surface area contributed by atoms with Crippen molar-refractivity contribution in [3.63, 3.8) is 0 Å². The van der Waals surface area contributed by atoms with Crippen molar-refractivity contribution < 1.29 is 19.1 Å². The van der Waals surface area contributed by atoms with Crippen molar-refractivity contribution in [1.82, 2.24) is 15.5 Å². The molecule has 224 valence electrons. The highest BCUT2D eigenvalue weighted by Gasteiger charge is 2.36. The Morgan fingerprint density at radius 1 is 1.02 bits per heavy atom. The van der Waals surface area contributed by atoms with Crippen molar-refractivity contribution in [1.29, 1.82) is 0 Å². The lowest BCUT2D eigenvalue weighted by Gasteiger charge is -2.35.